The van der Waals surface area contributed by atoms with Gasteiger partial charge in [-0.15, -0.1) is 0 Å². The number of carbonyl (C=O) groups excluding carboxylic acids is 2. The van der Waals surface area contributed by atoms with E-state index in [1.807, 2.05) is 0 Å². The SMILES string of the molecule is CCC(=O)OC[C@H]1OC(C2C=Nc3c(NC)nc(N)nc32)[C@](C)(F)[C@@H]1OC(=O)CC. The molecule has 2 aliphatic heterocycles. The van der Waals surface area contributed by atoms with Gasteiger partial charge in [-0.3, -0.25) is 14.6 Å². The van der Waals surface area contributed by atoms with E-state index in [4.69, 9.17) is 19.9 Å². The summed E-state index contributed by atoms with van der Waals surface area (Å²) < 4.78 is 32.5. The quantitative estimate of drug-likeness (QED) is 0.627. The fraction of sp³-hybridized carbons (Fsp3) is 0.632. The minimum absolute atomic E-state index is 0.00884. The van der Waals surface area contributed by atoms with Crippen LogP contribution in [0.5, 0.6) is 0 Å². The van der Waals surface area contributed by atoms with Gasteiger partial charge in [-0.1, -0.05) is 13.8 Å². The zero-order valence-electron chi connectivity index (χ0n) is 17.3. The molecule has 0 radical (unpaired) electrons. The van der Waals surface area contributed by atoms with Crippen molar-refractivity contribution >= 4 is 35.6 Å². The standard InChI is InChI=1S/C19H26FN5O5/c1-5-11(26)28-8-10-16(30-12(27)6-2)19(3,20)15(29-10)9-7-23-14-13(9)24-18(21)25-17(14)22-4/h7,9-10,15-16H,5-6,8H2,1-4H3,(H3,21,22,24,25)/t9?,10-,15?,16-,19+/m1/s1. The van der Waals surface area contributed by atoms with E-state index in [1.54, 1.807) is 20.9 Å². The van der Waals surface area contributed by atoms with Gasteiger partial charge in [-0.05, 0) is 6.92 Å². The third kappa shape index (κ3) is 3.93. The summed E-state index contributed by atoms with van der Waals surface area (Å²) in [5, 5.41) is 2.88. The van der Waals surface area contributed by atoms with Crippen LogP contribution in [0.15, 0.2) is 4.99 Å². The number of anilines is 2. The number of fused-ring (bicyclic) bond motifs is 1. The van der Waals surface area contributed by atoms with Crippen LogP contribution in [0, 0.1) is 0 Å². The van der Waals surface area contributed by atoms with Gasteiger partial charge in [0.2, 0.25) is 5.95 Å². The number of nitrogens with two attached hydrogens (primary N) is 1. The highest BCUT2D eigenvalue weighted by molar-refractivity contribution is 5.85. The Bertz CT molecular complexity index is 862. The lowest BCUT2D eigenvalue weighted by molar-refractivity contribution is -0.161. The van der Waals surface area contributed by atoms with Crippen molar-refractivity contribution in [3.05, 3.63) is 5.69 Å². The maximum absolute atomic E-state index is 16.0. The molecular formula is C19H26FN5O5. The topological polar surface area (TPSA) is 138 Å². The predicted octanol–water partition coefficient (Wildman–Crippen LogP) is 1.67. The number of esters is 2. The molecule has 1 saturated heterocycles. The highest BCUT2D eigenvalue weighted by Crippen LogP contribution is 2.47. The molecular weight excluding hydrogens is 397 g/mol. The van der Waals surface area contributed by atoms with Crippen LogP contribution < -0.4 is 11.1 Å². The Kier molecular flexibility index (Phi) is 6.20. The molecule has 3 rings (SSSR count). The molecule has 10 nitrogen and oxygen atoms in total. The summed E-state index contributed by atoms with van der Waals surface area (Å²) in [7, 11) is 1.66. The molecule has 3 N–H and O–H groups in total. The Hall–Kier alpha value is -2.82. The Morgan fingerprint density at radius 1 is 1.30 bits per heavy atom. The zero-order valence-corrected chi connectivity index (χ0v) is 17.3. The molecule has 164 valence electrons. The molecule has 0 aromatic carbocycles. The average molecular weight is 423 g/mol. The van der Waals surface area contributed by atoms with E-state index in [2.05, 4.69) is 20.3 Å². The lowest BCUT2D eigenvalue weighted by Crippen LogP contribution is -2.47. The van der Waals surface area contributed by atoms with Crippen LogP contribution in [-0.4, -0.2) is 65.8 Å². The number of nitrogen functional groups attached to an aromatic ring is 1. The van der Waals surface area contributed by atoms with Crippen molar-refractivity contribution in [1.82, 2.24) is 9.97 Å². The van der Waals surface area contributed by atoms with Crippen molar-refractivity contribution in [2.75, 3.05) is 24.7 Å². The molecule has 1 fully saturated rings. The molecule has 2 aliphatic rings. The smallest absolute Gasteiger partial charge is 0.305 e. The van der Waals surface area contributed by atoms with E-state index in [1.165, 1.54) is 13.1 Å². The largest absolute Gasteiger partial charge is 0.463 e. The van der Waals surface area contributed by atoms with Gasteiger partial charge in [0.25, 0.3) is 0 Å². The van der Waals surface area contributed by atoms with E-state index in [9.17, 15) is 9.59 Å². The summed E-state index contributed by atoms with van der Waals surface area (Å²) in [6.07, 6.45) is -1.59. The number of aliphatic imine (C=N–C) groups is 1. The van der Waals surface area contributed by atoms with Crippen LogP contribution in [0.4, 0.5) is 21.8 Å². The van der Waals surface area contributed by atoms with Crippen molar-refractivity contribution in [3.63, 3.8) is 0 Å². The van der Waals surface area contributed by atoms with E-state index in [0.717, 1.165) is 0 Å². The molecule has 0 spiro atoms. The second-order valence-electron chi connectivity index (χ2n) is 7.27. The summed E-state index contributed by atoms with van der Waals surface area (Å²) in [4.78, 5) is 36.1. The average Bonchev–Trinajstić information content (AvgIpc) is 3.23. The number of aromatic nitrogens is 2. The van der Waals surface area contributed by atoms with Crippen molar-refractivity contribution in [3.8, 4) is 0 Å². The van der Waals surface area contributed by atoms with Crippen molar-refractivity contribution < 1.29 is 28.2 Å². The minimum Gasteiger partial charge on any atom is -0.463 e. The summed E-state index contributed by atoms with van der Waals surface area (Å²) in [5.74, 6) is -1.31. The third-order valence-electron chi connectivity index (χ3n) is 5.19. The third-order valence-corrected chi connectivity index (χ3v) is 5.19. The highest BCUT2D eigenvalue weighted by atomic mass is 19.1. The van der Waals surface area contributed by atoms with Crippen LogP contribution in [0.25, 0.3) is 0 Å². The number of rotatable bonds is 7. The second-order valence-corrected chi connectivity index (χ2v) is 7.27. The summed E-state index contributed by atoms with van der Waals surface area (Å²) in [6.45, 7) is 4.30. The van der Waals surface area contributed by atoms with Crippen molar-refractivity contribution in [1.29, 1.82) is 0 Å². The lowest BCUT2D eigenvalue weighted by atomic mass is 9.86. The van der Waals surface area contributed by atoms with Crippen LogP contribution in [0.2, 0.25) is 0 Å². The van der Waals surface area contributed by atoms with Gasteiger partial charge in [0.15, 0.2) is 17.6 Å². The Morgan fingerprint density at radius 2 is 2.00 bits per heavy atom. The molecule has 11 heteroatoms. The first-order valence-corrected chi connectivity index (χ1v) is 9.81. The number of halogens is 1. The summed E-state index contributed by atoms with van der Waals surface area (Å²) >= 11 is 0. The molecule has 30 heavy (non-hydrogen) atoms. The Balaban J connectivity index is 1.92. The van der Waals surface area contributed by atoms with Gasteiger partial charge in [0.1, 0.15) is 24.5 Å². The van der Waals surface area contributed by atoms with E-state index in [-0.39, 0.29) is 25.4 Å². The number of carbonyl (C=O) groups is 2. The van der Waals surface area contributed by atoms with E-state index in [0.29, 0.717) is 17.2 Å². The molecule has 3 heterocycles. The number of hydrogen-bond acceptors (Lipinski definition) is 10. The number of alkyl halides is 1. The first-order chi connectivity index (χ1) is 14.2. The van der Waals surface area contributed by atoms with E-state index >= 15 is 4.39 Å². The first-order valence-electron chi connectivity index (χ1n) is 9.81. The number of nitrogens with zero attached hydrogens (tertiary/aromatic N) is 3. The number of hydrogen-bond donors (Lipinski definition) is 2. The van der Waals surface area contributed by atoms with Crippen LogP contribution >= 0.6 is 0 Å². The van der Waals surface area contributed by atoms with Gasteiger partial charge >= 0.3 is 11.9 Å². The molecule has 1 aromatic rings. The maximum Gasteiger partial charge on any atom is 0.305 e. The summed E-state index contributed by atoms with van der Waals surface area (Å²) in [6, 6.07) is 0. The zero-order chi connectivity index (χ0) is 22.1. The van der Waals surface area contributed by atoms with Gasteiger partial charge in [0.05, 0.1) is 11.6 Å². The maximum atomic E-state index is 16.0. The van der Waals surface area contributed by atoms with Gasteiger partial charge in [0, 0.05) is 26.1 Å². The fourth-order valence-corrected chi connectivity index (χ4v) is 3.64. The van der Waals surface area contributed by atoms with E-state index < -0.39 is 41.8 Å². The fourth-order valence-electron chi connectivity index (χ4n) is 3.64. The molecule has 5 atom stereocenters. The number of ether oxygens (including phenoxy) is 3. The Morgan fingerprint density at radius 3 is 2.63 bits per heavy atom. The lowest BCUT2D eigenvalue weighted by Gasteiger charge is -2.29. The molecule has 0 saturated carbocycles. The molecule has 0 bridgehead atoms. The highest BCUT2D eigenvalue weighted by Gasteiger charge is 2.60. The predicted molar refractivity (Wildman–Crippen MR) is 106 cm³/mol. The van der Waals surface area contributed by atoms with Gasteiger partial charge < -0.3 is 25.3 Å². The summed E-state index contributed by atoms with van der Waals surface area (Å²) in [5.41, 5.74) is 4.54. The van der Waals surface area contributed by atoms with Crippen LogP contribution in [-0.2, 0) is 23.8 Å². The monoisotopic (exact) mass is 423 g/mol. The normalized spacial score (nSPS) is 29.5. The van der Waals surface area contributed by atoms with Gasteiger partial charge in [-0.25, -0.2) is 9.37 Å². The number of nitrogens with one attached hydrogen (secondary N) is 1. The van der Waals surface area contributed by atoms with Crippen molar-refractivity contribution in [2.24, 2.45) is 4.99 Å². The molecule has 0 amide bonds. The molecule has 1 aromatic heterocycles. The van der Waals surface area contributed by atoms with Crippen LogP contribution in [0.1, 0.15) is 45.2 Å². The minimum atomic E-state index is -2.11. The molecule has 0 aliphatic carbocycles. The second kappa shape index (κ2) is 8.50. The van der Waals surface area contributed by atoms with Gasteiger partial charge in [-0.2, -0.15) is 4.98 Å². The Labute approximate surface area is 173 Å². The molecule has 2 unspecified atom stereocenters. The first kappa shape index (κ1) is 21.9. The van der Waals surface area contributed by atoms with Crippen LogP contribution in [0.3, 0.4) is 0 Å². The van der Waals surface area contributed by atoms with Crippen molar-refractivity contribution in [2.45, 2.75) is 63.5 Å².